The van der Waals surface area contributed by atoms with E-state index >= 15 is 0 Å². The molecule has 0 aliphatic rings. The van der Waals surface area contributed by atoms with Crippen molar-refractivity contribution in [2.45, 2.75) is 25.4 Å². The molecule has 0 aliphatic carbocycles. The van der Waals surface area contributed by atoms with Crippen LogP contribution >= 0.6 is 0 Å². The average Bonchev–Trinajstić information content (AvgIpc) is 2.49. The van der Waals surface area contributed by atoms with Crippen LogP contribution in [-0.2, 0) is 13.0 Å². The fraction of sp³-hybridized carbons (Fsp3) is 0.294. The van der Waals surface area contributed by atoms with Gasteiger partial charge < -0.3 is 11.1 Å². The van der Waals surface area contributed by atoms with Crippen LogP contribution in [0.2, 0.25) is 0 Å². The van der Waals surface area contributed by atoms with Gasteiger partial charge in [-0.15, -0.1) is 0 Å². The van der Waals surface area contributed by atoms with Crippen LogP contribution in [-0.4, -0.2) is 12.1 Å². The third-order valence-corrected chi connectivity index (χ3v) is 3.55. The normalized spacial score (nSPS) is 13.9. The van der Waals surface area contributed by atoms with E-state index in [1.165, 1.54) is 11.6 Å². The summed E-state index contributed by atoms with van der Waals surface area (Å²) in [5.41, 5.74) is 7.45. The molecule has 0 fully saturated rings. The van der Waals surface area contributed by atoms with Crippen LogP contribution in [0.1, 0.15) is 18.1 Å². The number of halogens is 1. The fourth-order valence-electron chi connectivity index (χ4n) is 2.18. The zero-order valence-electron chi connectivity index (χ0n) is 11.8. The molecule has 2 aromatic carbocycles. The van der Waals surface area contributed by atoms with Gasteiger partial charge in [0.1, 0.15) is 5.82 Å². The predicted molar refractivity (Wildman–Crippen MR) is 80.8 cm³/mol. The summed E-state index contributed by atoms with van der Waals surface area (Å²) in [6, 6.07) is 17.0. The Hall–Kier alpha value is -1.71. The van der Waals surface area contributed by atoms with Gasteiger partial charge in [-0.25, -0.2) is 4.39 Å². The lowest BCUT2D eigenvalue weighted by atomic mass is 9.92. The number of hydrogen-bond donors (Lipinski definition) is 2. The SMILES string of the molecule is CC(CN)(Cc1ccccc1F)NCc1ccccc1. The first kappa shape index (κ1) is 14.7. The van der Waals surface area contributed by atoms with E-state index in [1.807, 2.05) is 37.3 Å². The molecule has 0 spiro atoms. The standard InChI is InChI=1S/C17H21FN2/c1-17(13-19,11-15-9-5-6-10-16(15)18)20-12-14-7-3-2-4-8-14/h2-10,20H,11-13,19H2,1H3. The molecule has 0 radical (unpaired) electrons. The van der Waals surface area contributed by atoms with Gasteiger partial charge in [0.05, 0.1) is 0 Å². The summed E-state index contributed by atoms with van der Waals surface area (Å²) in [6.07, 6.45) is 0.572. The van der Waals surface area contributed by atoms with Gasteiger partial charge in [-0.3, -0.25) is 0 Å². The first-order valence-electron chi connectivity index (χ1n) is 6.85. The smallest absolute Gasteiger partial charge is 0.126 e. The summed E-state index contributed by atoms with van der Waals surface area (Å²) >= 11 is 0. The number of nitrogens with one attached hydrogen (secondary N) is 1. The lowest BCUT2D eigenvalue weighted by Gasteiger charge is -2.30. The summed E-state index contributed by atoms with van der Waals surface area (Å²) in [6.45, 7) is 3.21. The van der Waals surface area contributed by atoms with Crippen molar-refractivity contribution in [2.24, 2.45) is 5.73 Å². The summed E-state index contributed by atoms with van der Waals surface area (Å²) in [5.74, 6) is -0.173. The van der Waals surface area contributed by atoms with Crippen LogP contribution in [0.5, 0.6) is 0 Å². The van der Waals surface area contributed by atoms with Crippen LogP contribution in [0.3, 0.4) is 0 Å². The zero-order valence-corrected chi connectivity index (χ0v) is 11.8. The Bertz CT molecular complexity index is 542. The Kier molecular flexibility index (Phi) is 4.88. The van der Waals surface area contributed by atoms with Gasteiger partial charge in [-0.2, -0.15) is 0 Å². The summed E-state index contributed by atoms with van der Waals surface area (Å²) in [5, 5.41) is 3.45. The molecular weight excluding hydrogens is 251 g/mol. The van der Waals surface area contributed by atoms with Crippen LogP contribution < -0.4 is 11.1 Å². The minimum Gasteiger partial charge on any atom is -0.329 e. The highest BCUT2D eigenvalue weighted by molar-refractivity contribution is 5.21. The van der Waals surface area contributed by atoms with Crippen molar-refractivity contribution in [1.29, 1.82) is 0 Å². The number of benzene rings is 2. The average molecular weight is 272 g/mol. The molecular formula is C17H21FN2. The molecule has 20 heavy (non-hydrogen) atoms. The molecule has 0 saturated carbocycles. The third-order valence-electron chi connectivity index (χ3n) is 3.55. The second-order valence-corrected chi connectivity index (χ2v) is 5.37. The van der Waals surface area contributed by atoms with Crippen molar-refractivity contribution in [3.05, 3.63) is 71.5 Å². The Morgan fingerprint density at radius 3 is 2.35 bits per heavy atom. The molecule has 1 atom stereocenters. The van der Waals surface area contributed by atoms with Gasteiger partial charge in [-0.1, -0.05) is 48.5 Å². The van der Waals surface area contributed by atoms with Crippen LogP contribution in [0.4, 0.5) is 4.39 Å². The van der Waals surface area contributed by atoms with E-state index in [0.29, 0.717) is 18.5 Å². The highest BCUT2D eigenvalue weighted by Gasteiger charge is 2.23. The molecule has 0 bridgehead atoms. The minimum atomic E-state index is -0.321. The first-order chi connectivity index (χ1) is 9.63. The summed E-state index contributed by atoms with van der Waals surface area (Å²) in [4.78, 5) is 0. The summed E-state index contributed by atoms with van der Waals surface area (Å²) in [7, 11) is 0. The van der Waals surface area contributed by atoms with E-state index in [4.69, 9.17) is 5.73 Å². The highest BCUT2D eigenvalue weighted by atomic mass is 19.1. The topological polar surface area (TPSA) is 38.0 Å². The van der Waals surface area contributed by atoms with Gasteiger partial charge in [0.15, 0.2) is 0 Å². The predicted octanol–water partition coefficient (Wildman–Crippen LogP) is 2.88. The molecule has 2 nitrogen and oxygen atoms in total. The minimum absolute atomic E-state index is 0.173. The molecule has 0 aliphatic heterocycles. The van der Waals surface area contributed by atoms with Crippen LogP contribution in [0.25, 0.3) is 0 Å². The van der Waals surface area contributed by atoms with Gasteiger partial charge in [-0.05, 0) is 30.5 Å². The maximum atomic E-state index is 13.8. The molecule has 0 heterocycles. The second-order valence-electron chi connectivity index (χ2n) is 5.37. The lowest BCUT2D eigenvalue weighted by molar-refractivity contribution is 0.354. The first-order valence-corrected chi connectivity index (χ1v) is 6.85. The molecule has 0 saturated heterocycles. The largest absolute Gasteiger partial charge is 0.329 e. The molecule has 3 N–H and O–H groups in total. The number of rotatable bonds is 6. The van der Waals surface area contributed by atoms with Gasteiger partial charge in [0.25, 0.3) is 0 Å². The van der Waals surface area contributed by atoms with Crippen molar-refractivity contribution in [3.8, 4) is 0 Å². The molecule has 1 unspecified atom stereocenters. The maximum absolute atomic E-state index is 13.8. The molecule has 106 valence electrons. The van der Waals surface area contributed by atoms with Crippen LogP contribution in [0, 0.1) is 5.82 Å². The quantitative estimate of drug-likeness (QED) is 0.848. The highest BCUT2D eigenvalue weighted by Crippen LogP contribution is 2.16. The number of nitrogens with two attached hydrogens (primary N) is 1. The van der Waals surface area contributed by atoms with Gasteiger partial charge in [0, 0.05) is 18.6 Å². The van der Waals surface area contributed by atoms with E-state index in [-0.39, 0.29) is 11.4 Å². The Morgan fingerprint density at radius 1 is 1.05 bits per heavy atom. The van der Waals surface area contributed by atoms with Gasteiger partial charge in [0.2, 0.25) is 0 Å². The molecule has 2 rings (SSSR count). The van der Waals surface area contributed by atoms with Crippen molar-refractivity contribution < 1.29 is 4.39 Å². The van der Waals surface area contributed by atoms with E-state index in [1.54, 1.807) is 6.07 Å². The van der Waals surface area contributed by atoms with E-state index in [9.17, 15) is 4.39 Å². The Balaban J connectivity index is 2.04. The van der Waals surface area contributed by atoms with E-state index in [2.05, 4.69) is 17.4 Å². The summed E-state index contributed by atoms with van der Waals surface area (Å²) < 4.78 is 13.8. The fourth-order valence-corrected chi connectivity index (χ4v) is 2.18. The van der Waals surface area contributed by atoms with Crippen LogP contribution in [0.15, 0.2) is 54.6 Å². The van der Waals surface area contributed by atoms with Gasteiger partial charge >= 0.3 is 0 Å². The lowest BCUT2D eigenvalue weighted by Crippen LogP contribution is -2.50. The Morgan fingerprint density at radius 2 is 1.70 bits per heavy atom. The number of hydrogen-bond acceptors (Lipinski definition) is 2. The molecule has 2 aromatic rings. The van der Waals surface area contributed by atoms with Crippen molar-refractivity contribution in [2.75, 3.05) is 6.54 Å². The monoisotopic (exact) mass is 272 g/mol. The zero-order chi connectivity index (χ0) is 14.4. The van der Waals surface area contributed by atoms with E-state index < -0.39 is 0 Å². The Labute approximate surface area is 119 Å². The molecule has 3 heteroatoms. The second kappa shape index (κ2) is 6.64. The van der Waals surface area contributed by atoms with Crippen molar-refractivity contribution in [3.63, 3.8) is 0 Å². The maximum Gasteiger partial charge on any atom is 0.126 e. The molecule has 0 amide bonds. The third kappa shape index (κ3) is 3.89. The van der Waals surface area contributed by atoms with E-state index in [0.717, 1.165) is 6.54 Å². The van der Waals surface area contributed by atoms with Crippen molar-refractivity contribution in [1.82, 2.24) is 5.32 Å². The van der Waals surface area contributed by atoms with Crippen molar-refractivity contribution >= 4 is 0 Å². The molecule has 0 aromatic heterocycles.